The number of fused-ring (bicyclic) bond motifs is 1. The number of benzene rings is 3. The predicted octanol–water partition coefficient (Wildman–Crippen LogP) is 10.1. The molecule has 0 radical (unpaired) electrons. The van der Waals surface area contributed by atoms with E-state index in [1.54, 1.807) is 24.3 Å². The second kappa shape index (κ2) is 12.4. The van der Waals surface area contributed by atoms with Gasteiger partial charge in [0, 0.05) is 5.56 Å². The topological polar surface area (TPSA) is 0 Å². The van der Waals surface area contributed by atoms with E-state index < -0.39 is 17.5 Å². The molecule has 3 aromatic rings. The summed E-state index contributed by atoms with van der Waals surface area (Å²) in [6, 6.07) is 12.7. The second-order valence-corrected chi connectivity index (χ2v) is 10.3. The lowest BCUT2D eigenvalue weighted by Gasteiger charge is -2.28. The summed E-state index contributed by atoms with van der Waals surface area (Å²) in [5.74, 6) is -1.12. The average Bonchev–Trinajstić information content (AvgIpc) is 2.90. The fraction of sp³-hybridized carbons (Fsp3) is 0.394. The Hall–Kier alpha value is -2.81. The first-order valence-corrected chi connectivity index (χ1v) is 13.4. The standard InChI is InChI=1S/C33H37F3/c1-3-5-7-8-23-10-12-24(13-11-23)14-15-25-16-18-26(19-17-25)29-21-20-27-22-28(9-6-4-2)31(34)33(36)30(27)32(29)35/h3-5,16-24H,2,6-15H2,1H3/b5-3+. The SMILES string of the molecule is C=CCCc1cc2ccc(-c3ccc(CCC4CCC(CC/C=C/C)CC4)cc3)c(F)c2c(F)c1F. The Bertz CT molecular complexity index is 1200. The van der Waals surface area contributed by atoms with E-state index in [0.29, 0.717) is 29.4 Å². The summed E-state index contributed by atoms with van der Waals surface area (Å²) in [6.45, 7) is 5.71. The first kappa shape index (κ1) is 26.3. The zero-order chi connectivity index (χ0) is 25.5. The van der Waals surface area contributed by atoms with Gasteiger partial charge in [-0.1, -0.05) is 80.3 Å². The van der Waals surface area contributed by atoms with Gasteiger partial charge in [0.05, 0.1) is 5.39 Å². The molecule has 36 heavy (non-hydrogen) atoms. The van der Waals surface area contributed by atoms with Crippen molar-refractivity contribution in [3.05, 3.63) is 95.9 Å². The maximum absolute atomic E-state index is 15.4. The Morgan fingerprint density at radius 1 is 0.806 bits per heavy atom. The van der Waals surface area contributed by atoms with E-state index in [4.69, 9.17) is 0 Å². The quantitative estimate of drug-likeness (QED) is 0.248. The van der Waals surface area contributed by atoms with Crippen molar-refractivity contribution in [2.75, 3.05) is 0 Å². The van der Waals surface area contributed by atoms with Crippen LogP contribution in [-0.4, -0.2) is 0 Å². The minimum Gasteiger partial charge on any atom is -0.206 e. The van der Waals surface area contributed by atoms with Gasteiger partial charge in [-0.3, -0.25) is 0 Å². The first-order valence-electron chi connectivity index (χ1n) is 13.4. The lowest BCUT2D eigenvalue weighted by atomic mass is 9.78. The van der Waals surface area contributed by atoms with Crippen molar-refractivity contribution in [3.63, 3.8) is 0 Å². The lowest BCUT2D eigenvalue weighted by molar-refractivity contribution is 0.254. The fourth-order valence-corrected chi connectivity index (χ4v) is 5.63. The number of hydrogen-bond acceptors (Lipinski definition) is 0. The number of halogens is 3. The molecular weight excluding hydrogens is 453 g/mol. The van der Waals surface area contributed by atoms with Crippen LogP contribution < -0.4 is 0 Å². The Morgan fingerprint density at radius 3 is 2.17 bits per heavy atom. The van der Waals surface area contributed by atoms with Gasteiger partial charge in [-0.2, -0.15) is 0 Å². The fourth-order valence-electron chi connectivity index (χ4n) is 5.63. The molecule has 4 rings (SSSR count). The molecule has 0 spiro atoms. The van der Waals surface area contributed by atoms with Crippen molar-refractivity contribution in [1.29, 1.82) is 0 Å². The van der Waals surface area contributed by atoms with E-state index in [9.17, 15) is 8.78 Å². The molecule has 1 saturated carbocycles. The molecule has 0 nitrogen and oxygen atoms in total. The van der Waals surface area contributed by atoms with E-state index in [-0.39, 0.29) is 10.9 Å². The Kier molecular flexibility index (Phi) is 9.07. The molecule has 0 amide bonds. The second-order valence-electron chi connectivity index (χ2n) is 10.3. The van der Waals surface area contributed by atoms with Crippen molar-refractivity contribution >= 4 is 10.8 Å². The molecule has 1 fully saturated rings. The highest BCUT2D eigenvalue weighted by molar-refractivity contribution is 5.89. The van der Waals surface area contributed by atoms with Crippen molar-refractivity contribution in [2.24, 2.45) is 11.8 Å². The van der Waals surface area contributed by atoms with Gasteiger partial charge in [0.1, 0.15) is 5.82 Å². The average molecular weight is 491 g/mol. The zero-order valence-corrected chi connectivity index (χ0v) is 21.3. The summed E-state index contributed by atoms with van der Waals surface area (Å²) in [4.78, 5) is 0. The molecule has 0 atom stereocenters. The van der Waals surface area contributed by atoms with E-state index >= 15 is 4.39 Å². The summed E-state index contributed by atoms with van der Waals surface area (Å²) in [5, 5.41) is 0.0973. The molecule has 0 saturated heterocycles. The van der Waals surface area contributed by atoms with Crippen LogP contribution in [0.2, 0.25) is 0 Å². The molecule has 190 valence electrons. The summed E-state index contributed by atoms with van der Waals surface area (Å²) in [5.41, 5.74) is 2.45. The number of hydrogen-bond donors (Lipinski definition) is 0. The molecule has 0 unspecified atom stereocenters. The monoisotopic (exact) mass is 490 g/mol. The maximum atomic E-state index is 15.4. The van der Waals surface area contributed by atoms with Gasteiger partial charge in [-0.25, -0.2) is 13.2 Å². The molecule has 0 bridgehead atoms. The van der Waals surface area contributed by atoms with E-state index in [1.165, 1.54) is 50.5 Å². The van der Waals surface area contributed by atoms with Crippen LogP contribution >= 0.6 is 0 Å². The van der Waals surface area contributed by atoms with E-state index in [1.807, 2.05) is 24.3 Å². The summed E-state index contributed by atoms with van der Waals surface area (Å²) in [7, 11) is 0. The van der Waals surface area contributed by atoms with Crippen LogP contribution in [0.25, 0.3) is 21.9 Å². The molecule has 0 N–H and O–H groups in total. The van der Waals surface area contributed by atoms with Gasteiger partial charge < -0.3 is 0 Å². The summed E-state index contributed by atoms with van der Waals surface area (Å²) < 4.78 is 44.8. The number of rotatable bonds is 10. The molecule has 0 aromatic heterocycles. The van der Waals surface area contributed by atoms with Crippen LogP contribution in [0.5, 0.6) is 0 Å². The molecule has 1 aliphatic carbocycles. The molecule has 3 aromatic carbocycles. The highest BCUT2D eigenvalue weighted by atomic mass is 19.2. The largest absolute Gasteiger partial charge is 0.206 e. The van der Waals surface area contributed by atoms with Crippen LogP contribution in [0.3, 0.4) is 0 Å². The maximum Gasteiger partial charge on any atom is 0.169 e. The van der Waals surface area contributed by atoms with Crippen molar-refractivity contribution in [1.82, 2.24) is 0 Å². The Balaban J connectivity index is 1.41. The first-order chi connectivity index (χ1) is 17.5. The predicted molar refractivity (Wildman–Crippen MR) is 146 cm³/mol. The molecule has 3 heteroatoms. The smallest absolute Gasteiger partial charge is 0.169 e. The van der Waals surface area contributed by atoms with Crippen molar-refractivity contribution in [3.8, 4) is 11.1 Å². The summed E-state index contributed by atoms with van der Waals surface area (Å²) >= 11 is 0. The van der Waals surface area contributed by atoms with Crippen LogP contribution in [0.15, 0.2) is 67.3 Å². The highest BCUT2D eigenvalue weighted by Gasteiger charge is 2.21. The molecular formula is C33H37F3. The minimum absolute atomic E-state index is 0.249. The van der Waals surface area contributed by atoms with Gasteiger partial charge in [-0.05, 0) is 85.4 Å². The van der Waals surface area contributed by atoms with Crippen molar-refractivity contribution in [2.45, 2.75) is 71.1 Å². The zero-order valence-electron chi connectivity index (χ0n) is 21.3. The van der Waals surface area contributed by atoms with Crippen LogP contribution in [0.4, 0.5) is 13.2 Å². The lowest BCUT2D eigenvalue weighted by Crippen LogP contribution is -2.15. The van der Waals surface area contributed by atoms with Crippen molar-refractivity contribution < 1.29 is 13.2 Å². The van der Waals surface area contributed by atoms with Gasteiger partial charge in [0.25, 0.3) is 0 Å². The number of aryl methyl sites for hydroxylation is 2. The molecule has 0 heterocycles. The van der Waals surface area contributed by atoms with Gasteiger partial charge in [-0.15, -0.1) is 6.58 Å². The van der Waals surface area contributed by atoms with Crippen LogP contribution in [0.1, 0.15) is 69.4 Å². The van der Waals surface area contributed by atoms with Gasteiger partial charge in [0.2, 0.25) is 0 Å². The summed E-state index contributed by atoms with van der Waals surface area (Å²) in [6.07, 6.45) is 17.0. The minimum atomic E-state index is -1.11. The van der Waals surface area contributed by atoms with Crippen LogP contribution in [-0.2, 0) is 12.8 Å². The third-order valence-electron chi connectivity index (χ3n) is 7.87. The third-order valence-corrected chi connectivity index (χ3v) is 7.87. The number of allylic oxidation sites excluding steroid dienone is 3. The Morgan fingerprint density at radius 2 is 1.50 bits per heavy atom. The van der Waals surface area contributed by atoms with E-state index in [0.717, 1.165) is 18.3 Å². The highest BCUT2D eigenvalue weighted by Crippen LogP contribution is 2.35. The molecule has 0 aliphatic heterocycles. The molecule has 1 aliphatic rings. The Labute approximate surface area is 213 Å². The van der Waals surface area contributed by atoms with Gasteiger partial charge >= 0.3 is 0 Å². The van der Waals surface area contributed by atoms with E-state index in [2.05, 4.69) is 25.7 Å². The normalized spacial score (nSPS) is 18.2. The third kappa shape index (κ3) is 6.11. The van der Waals surface area contributed by atoms with Crippen LogP contribution in [0, 0.1) is 29.3 Å². The van der Waals surface area contributed by atoms with Gasteiger partial charge in [0.15, 0.2) is 11.6 Å².